The smallest absolute Gasteiger partial charge is 0.267 e. The minimum Gasteiger partial charge on any atom is -0.292 e. The van der Waals surface area contributed by atoms with E-state index in [0.29, 0.717) is 10.1 Å². The molecule has 0 unspecified atom stereocenters. The Kier molecular flexibility index (Phi) is 3.70. The molecule has 0 saturated carbocycles. The molecule has 2 aromatic heterocycles. The summed E-state index contributed by atoms with van der Waals surface area (Å²) in [6, 6.07) is 0. The lowest BCUT2D eigenvalue weighted by molar-refractivity contribution is 0.715. The van der Waals surface area contributed by atoms with E-state index in [1.807, 2.05) is 28.0 Å². The maximum atomic E-state index is 11.7. The van der Waals surface area contributed by atoms with Crippen molar-refractivity contribution in [2.45, 2.75) is 19.9 Å². The number of hydrogen-bond donors (Lipinski definition) is 0. The van der Waals surface area contributed by atoms with Crippen molar-refractivity contribution in [3.05, 3.63) is 42.5 Å². The molecule has 2 aromatic rings. The molecule has 6 heteroatoms. The van der Waals surface area contributed by atoms with Crippen LogP contribution in [0.5, 0.6) is 0 Å². The normalized spacial score (nSPS) is 10.6. The van der Waals surface area contributed by atoms with E-state index < -0.39 is 0 Å². The highest BCUT2D eigenvalue weighted by atomic mass is 127. The van der Waals surface area contributed by atoms with Gasteiger partial charge in [-0.25, -0.2) is 9.97 Å². The fraction of sp³-hybridized carbons (Fsp3) is 0.300. The predicted octanol–water partition coefficient (Wildman–Crippen LogP) is 1.92. The molecule has 0 spiro atoms. The van der Waals surface area contributed by atoms with Gasteiger partial charge in [-0.2, -0.15) is 0 Å². The molecule has 0 amide bonds. The van der Waals surface area contributed by atoms with E-state index in [1.165, 1.54) is 0 Å². The molecule has 84 valence electrons. The van der Waals surface area contributed by atoms with Crippen molar-refractivity contribution in [1.82, 2.24) is 14.5 Å². The second kappa shape index (κ2) is 5.05. The van der Waals surface area contributed by atoms with Crippen LogP contribution in [0, 0.1) is 3.57 Å². The fourth-order valence-electron chi connectivity index (χ4n) is 1.30. The third-order valence-electron chi connectivity index (χ3n) is 2.09. The van der Waals surface area contributed by atoms with E-state index >= 15 is 0 Å². The summed E-state index contributed by atoms with van der Waals surface area (Å²) < 4.78 is 2.21. The van der Waals surface area contributed by atoms with Gasteiger partial charge >= 0.3 is 0 Å². The Hall–Kier alpha value is -0.760. The third-order valence-corrected chi connectivity index (χ3v) is 3.88. The van der Waals surface area contributed by atoms with E-state index in [-0.39, 0.29) is 5.56 Å². The van der Waals surface area contributed by atoms with E-state index in [0.717, 1.165) is 17.1 Å². The summed E-state index contributed by atoms with van der Waals surface area (Å²) in [5, 5.41) is 3.09. The van der Waals surface area contributed by atoms with Crippen LogP contribution in [0.2, 0.25) is 0 Å². The minimum absolute atomic E-state index is 0.0124. The number of aromatic nitrogens is 3. The first-order chi connectivity index (χ1) is 7.70. The van der Waals surface area contributed by atoms with Crippen LogP contribution < -0.4 is 5.56 Å². The first kappa shape index (κ1) is 11.7. The van der Waals surface area contributed by atoms with Crippen molar-refractivity contribution in [1.29, 1.82) is 0 Å². The summed E-state index contributed by atoms with van der Waals surface area (Å²) in [4.78, 5) is 20.2. The van der Waals surface area contributed by atoms with Crippen molar-refractivity contribution in [2.75, 3.05) is 0 Å². The average Bonchev–Trinajstić information content (AvgIpc) is 2.73. The lowest BCUT2D eigenvalue weighted by atomic mass is 10.4. The fourth-order valence-corrected chi connectivity index (χ4v) is 2.50. The number of thiazole rings is 1. The van der Waals surface area contributed by atoms with E-state index in [9.17, 15) is 4.79 Å². The van der Waals surface area contributed by atoms with E-state index in [1.54, 1.807) is 28.4 Å². The Morgan fingerprint density at radius 1 is 1.56 bits per heavy atom. The van der Waals surface area contributed by atoms with Crippen LogP contribution in [0.4, 0.5) is 0 Å². The highest BCUT2D eigenvalue weighted by molar-refractivity contribution is 14.1. The highest BCUT2D eigenvalue weighted by Gasteiger charge is 2.04. The Morgan fingerprint density at radius 3 is 3.06 bits per heavy atom. The molecule has 0 atom stereocenters. The third kappa shape index (κ3) is 2.49. The molecule has 2 heterocycles. The first-order valence-electron chi connectivity index (χ1n) is 4.84. The van der Waals surface area contributed by atoms with Crippen LogP contribution in [0.25, 0.3) is 0 Å². The predicted molar refractivity (Wildman–Crippen MR) is 71.8 cm³/mol. The van der Waals surface area contributed by atoms with Gasteiger partial charge in [-0.1, -0.05) is 6.92 Å². The average molecular weight is 347 g/mol. The van der Waals surface area contributed by atoms with Crippen LogP contribution in [0.15, 0.2) is 22.7 Å². The molecule has 0 radical (unpaired) electrons. The summed E-state index contributed by atoms with van der Waals surface area (Å²) in [7, 11) is 0. The summed E-state index contributed by atoms with van der Waals surface area (Å²) in [6.45, 7) is 2.57. The summed E-state index contributed by atoms with van der Waals surface area (Å²) in [5.41, 5.74) is 0.911. The number of aryl methyl sites for hydroxylation is 1. The zero-order valence-electron chi connectivity index (χ0n) is 8.68. The van der Waals surface area contributed by atoms with Gasteiger partial charge in [-0.3, -0.25) is 9.36 Å². The molecule has 0 aromatic carbocycles. The number of nitrogens with zero attached hydrogens (tertiary/aromatic N) is 3. The second-order valence-corrected chi connectivity index (χ2v) is 5.37. The number of hydrogen-bond acceptors (Lipinski definition) is 4. The van der Waals surface area contributed by atoms with E-state index in [2.05, 4.69) is 16.9 Å². The monoisotopic (exact) mass is 347 g/mol. The first-order valence-corrected chi connectivity index (χ1v) is 6.79. The standard InChI is InChI=1S/C10H10IN3OS/c1-2-9-13-7(5-16-9)4-14-6-12-3-8(11)10(14)15/h3,5-6H,2,4H2,1H3. The van der Waals surface area contributed by atoms with Gasteiger partial charge in [0, 0.05) is 11.6 Å². The SMILES string of the molecule is CCc1nc(Cn2cncc(I)c2=O)cs1. The molecule has 16 heavy (non-hydrogen) atoms. The van der Waals surface area contributed by atoms with Crippen molar-refractivity contribution in [3.8, 4) is 0 Å². The van der Waals surface area contributed by atoms with Gasteiger partial charge < -0.3 is 0 Å². The second-order valence-electron chi connectivity index (χ2n) is 3.26. The van der Waals surface area contributed by atoms with Crippen LogP contribution in [-0.4, -0.2) is 14.5 Å². The van der Waals surface area contributed by atoms with Crippen LogP contribution in [0.3, 0.4) is 0 Å². The summed E-state index contributed by atoms with van der Waals surface area (Å²) in [6.07, 6.45) is 4.05. The van der Waals surface area contributed by atoms with Gasteiger partial charge in [0.25, 0.3) is 5.56 Å². The molecule has 0 N–H and O–H groups in total. The van der Waals surface area contributed by atoms with Crippen molar-refractivity contribution >= 4 is 33.9 Å². The van der Waals surface area contributed by atoms with Gasteiger partial charge in [0.2, 0.25) is 0 Å². The quantitative estimate of drug-likeness (QED) is 0.797. The van der Waals surface area contributed by atoms with Crippen LogP contribution in [-0.2, 0) is 13.0 Å². The maximum absolute atomic E-state index is 11.7. The van der Waals surface area contributed by atoms with Crippen molar-refractivity contribution < 1.29 is 0 Å². The summed E-state index contributed by atoms with van der Waals surface area (Å²) >= 11 is 3.62. The van der Waals surface area contributed by atoms with Gasteiger partial charge in [-0.15, -0.1) is 11.3 Å². The van der Waals surface area contributed by atoms with Gasteiger partial charge in [0.15, 0.2) is 0 Å². The number of halogens is 1. The Labute approximate surface area is 111 Å². The highest BCUT2D eigenvalue weighted by Crippen LogP contribution is 2.10. The maximum Gasteiger partial charge on any atom is 0.267 e. The van der Waals surface area contributed by atoms with Crippen molar-refractivity contribution in [2.24, 2.45) is 0 Å². The largest absolute Gasteiger partial charge is 0.292 e. The molecule has 0 fully saturated rings. The topological polar surface area (TPSA) is 47.8 Å². The molecule has 0 aliphatic carbocycles. The van der Waals surface area contributed by atoms with Crippen LogP contribution in [0.1, 0.15) is 17.6 Å². The lowest BCUT2D eigenvalue weighted by Gasteiger charge is -2.01. The zero-order chi connectivity index (χ0) is 11.5. The molecule has 0 bridgehead atoms. The number of rotatable bonds is 3. The molecule has 0 aliphatic heterocycles. The lowest BCUT2D eigenvalue weighted by Crippen LogP contribution is -2.23. The molecule has 0 aliphatic rings. The Morgan fingerprint density at radius 2 is 2.38 bits per heavy atom. The Balaban J connectivity index is 2.27. The minimum atomic E-state index is -0.0124. The van der Waals surface area contributed by atoms with Gasteiger partial charge in [0.05, 0.1) is 27.1 Å². The van der Waals surface area contributed by atoms with Crippen LogP contribution >= 0.6 is 33.9 Å². The molecular formula is C10H10IN3OS. The Bertz CT molecular complexity index is 549. The zero-order valence-corrected chi connectivity index (χ0v) is 11.7. The molecule has 4 nitrogen and oxygen atoms in total. The molecule has 0 saturated heterocycles. The van der Waals surface area contributed by atoms with E-state index in [4.69, 9.17) is 0 Å². The summed E-state index contributed by atoms with van der Waals surface area (Å²) in [5.74, 6) is 0. The van der Waals surface area contributed by atoms with Gasteiger partial charge in [0.1, 0.15) is 0 Å². The van der Waals surface area contributed by atoms with Crippen molar-refractivity contribution in [3.63, 3.8) is 0 Å². The molecule has 2 rings (SSSR count). The molecular weight excluding hydrogens is 337 g/mol. The van der Waals surface area contributed by atoms with Gasteiger partial charge in [-0.05, 0) is 29.0 Å².